The van der Waals surface area contributed by atoms with E-state index in [1.807, 2.05) is 0 Å². The zero-order valence-corrected chi connectivity index (χ0v) is 8.44. The maximum absolute atomic E-state index is 11.0. The molecule has 0 aromatic carbocycles. The first-order valence-electron chi connectivity index (χ1n) is 3.47. The van der Waals surface area contributed by atoms with Crippen molar-refractivity contribution in [2.24, 2.45) is 0 Å². The fourth-order valence-corrected chi connectivity index (χ4v) is 3.17. The Morgan fingerprint density at radius 1 is 1.54 bits per heavy atom. The standard InChI is InChI=1S/C6H7NO4S2/c1-4-5(12-13-6(4)8)2-3-11-7(9)10/h2-3H2,1H3. The van der Waals surface area contributed by atoms with E-state index in [2.05, 4.69) is 4.84 Å². The van der Waals surface area contributed by atoms with Gasteiger partial charge >= 0.3 is 0 Å². The highest BCUT2D eigenvalue weighted by molar-refractivity contribution is 7.68. The van der Waals surface area contributed by atoms with E-state index >= 15 is 0 Å². The van der Waals surface area contributed by atoms with Gasteiger partial charge in [0.05, 0.1) is 0 Å². The van der Waals surface area contributed by atoms with Gasteiger partial charge in [0, 0.05) is 16.9 Å². The van der Waals surface area contributed by atoms with Crippen LogP contribution in [0, 0.1) is 17.0 Å². The molecule has 1 aromatic heterocycles. The lowest BCUT2D eigenvalue weighted by Gasteiger charge is -1.96. The zero-order valence-electron chi connectivity index (χ0n) is 6.81. The van der Waals surface area contributed by atoms with Crippen LogP contribution in [0.1, 0.15) is 10.4 Å². The number of nitrogens with zero attached hydrogens (tertiary/aromatic N) is 1. The largest absolute Gasteiger partial charge is 0.314 e. The molecule has 1 heterocycles. The average molecular weight is 221 g/mol. The van der Waals surface area contributed by atoms with Gasteiger partial charge in [0.15, 0.2) is 0 Å². The third kappa shape index (κ3) is 2.78. The van der Waals surface area contributed by atoms with E-state index in [4.69, 9.17) is 0 Å². The minimum absolute atomic E-state index is 0.0144. The van der Waals surface area contributed by atoms with Gasteiger partial charge in [-0.1, -0.05) is 10.3 Å². The first kappa shape index (κ1) is 10.1. The highest BCUT2D eigenvalue weighted by Crippen LogP contribution is 2.15. The zero-order chi connectivity index (χ0) is 9.84. The summed E-state index contributed by atoms with van der Waals surface area (Å²) < 4.78 is 0.0288. The minimum Gasteiger partial charge on any atom is -0.314 e. The summed E-state index contributed by atoms with van der Waals surface area (Å²) in [7, 11) is 2.50. The molecule has 0 saturated heterocycles. The van der Waals surface area contributed by atoms with Crippen molar-refractivity contribution in [1.29, 1.82) is 0 Å². The van der Waals surface area contributed by atoms with Crippen LogP contribution in [0.3, 0.4) is 0 Å². The fourth-order valence-electron chi connectivity index (χ4n) is 0.769. The lowest BCUT2D eigenvalue weighted by Crippen LogP contribution is -2.05. The van der Waals surface area contributed by atoms with Crippen LogP contribution in [0.2, 0.25) is 0 Å². The summed E-state index contributed by atoms with van der Waals surface area (Å²) >= 11 is 0. The summed E-state index contributed by atoms with van der Waals surface area (Å²) in [6.07, 6.45) is 0.427. The molecule has 0 N–H and O–H groups in total. The second-order valence-electron chi connectivity index (χ2n) is 2.31. The highest BCUT2D eigenvalue weighted by atomic mass is 32.9. The van der Waals surface area contributed by atoms with Gasteiger partial charge in [-0.15, -0.1) is 10.1 Å². The third-order valence-corrected chi connectivity index (χ3v) is 4.03. The predicted octanol–water partition coefficient (Wildman–Crippen LogP) is 1.23. The first-order chi connectivity index (χ1) is 6.11. The molecule has 5 nitrogen and oxygen atoms in total. The van der Waals surface area contributed by atoms with Crippen LogP contribution in [0.4, 0.5) is 0 Å². The van der Waals surface area contributed by atoms with Crippen molar-refractivity contribution >= 4 is 20.7 Å². The molecule has 72 valence electrons. The Bertz CT molecular complexity index is 356. The van der Waals surface area contributed by atoms with Gasteiger partial charge in [-0.3, -0.25) is 4.79 Å². The van der Waals surface area contributed by atoms with Gasteiger partial charge in [0.1, 0.15) is 6.61 Å². The molecule has 0 aliphatic carbocycles. The van der Waals surface area contributed by atoms with Gasteiger partial charge in [0.25, 0.3) is 5.09 Å². The Balaban J connectivity index is 2.50. The molecule has 13 heavy (non-hydrogen) atoms. The Labute approximate surface area is 81.1 Å². The molecule has 7 heteroatoms. The molecule has 0 radical (unpaired) electrons. The summed E-state index contributed by atoms with van der Waals surface area (Å²) in [5.74, 6) is 0. The molecule has 0 spiro atoms. The topological polar surface area (TPSA) is 69.4 Å². The van der Waals surface area contributed by atoms with E-state index in [0.29, 0.717) is 12.0 Å². The summed E-state index contributed by atoms with van der Waals surface area (Å²) in [6.45, 7) is 1.73. The van der Waals surface area contributed by atoms with E-state index in [9.17, 15) is 14.9 Å². The molecule has 0 aliphatic rings. The van der Waals surface area contributed by atoms with Crippen LogP contribution < -0.4 is 4.74 Å². The van der Waals surface area contributed by atoms with E-state index in [0.717, 1.165) is 15.2 Å². The van der Waals surface area contributed by atoms with Gasteiger partial charge < -0.3 is 4.84 Å². The lowest BCUT2D eigenvalue weighted by molar-refractivity contribution is -0.757. The first-order valence-corrected chi connectivity index (χ1v) is 5.62. The highest BCUT2D eigenvalue weighted by Gasteiger charge is 2.06. The van der Waals surface area contributed by atoms with E-state index < -0.39 is 5.09 Å². The maximum Gasteiger partial charge on any atom is 0.294 e. The second-order valence-corrected chi connectivity index (χ2v) is 4.51. The number of hydrogen-bond donors (Lipinski definition) is 0. The Kier molecular flexibility index (Phi) is 3.38. The van der Waals surface area contributed by atoms with Gasteiger partial charge in [-0.05, 0) is 17.3 Å². The molecule has 0 unspecified atom stereocenters. The molecule has 1 rings (SSSR count). The van der Waals surface area contributed by atoms with Crippen LogP contribution in [0.5, 0.6) is 0 Å². The van der Waals surface area contributed by atoms with Gasteiger partial charge in [0.2, 0.25) is 4.74 Å². The van der Waals surface area contributed by atoms with Crippen molar-refractivity contribution in [2.75, 3.05) is 6.61 Å². The predicted molar refractivity (Wildman–Crippen MR) is 49.9 cm³/mol. The second kappa shape index (κ2) is 4.33. The van der Waals surface area contributed by atoms with Crippen LogP contribution in [0.25, 0.3) is 0 Å². The van der Waals surface area contributed by atoms with Crippen molar-refractivity contribution in [3.63, 3.8) is 0 Å². The Morgan fingerprint density at radius 3 is 2.69 bits per heavy atom. The molecule has 0 saturated carbocycles. The van der Waals surface area contributed by atoms with Crippen LogP contribution in [-0.4, -0.2) is 11.7 Å². The van der Waals surface area contributed by atoms with Crippen molar-refractivity contribution in [2.45, 2.75) is 13.3 Å². The van der Waals surface area contributed by atoms with Gasteiger partial charge in [-0.2, -0.15) is 0 Å². The monoisotopic (exact) mass is 221 g/mol. The maximum atomic E-state index is 11.0. The SMILES string of the molecule is Cc1c(CCO[N+](=O)[O-])ssc1=O. The van der Waals surface area contributed by atoms with Gasteiger partial charge in [-0.25, -0.2) is 0 Å². The van der Waals surface area contributed by atoms with Crippen LogP contribution in [0.15, 0.2) is 4.79 Å². The number of rotatable bonds is 4. The van der Waals surface area contributed by atoms with Crippen molar-refractivity contribution < 1.29 is 9.92 Å². The smallest absolute Gasteiger partial charge is 0.294 e. The van der Waals surface area contributed by atoms with Crippen LogP contribution in [-0.2, 0) is 11.3 Å². The molecule has 0 bridgehead atoms. The number of hydrogen-bond acceptors (Lipinski definition) is 6. The van der Waals surface area contributed by atoms with Crippen molar-refractivity contribution in [3.8, 4) is 0 Å². The molecule has 0 fully saturated rings. The van der Waals surface area contributed by atoms with Crippen LogP contribution >= 0.6 is 20.7 Å². The fraction of sp³-hybridized carbons (Fsp3) is 0.500. The quantitative estimate of drug-likeness (QED) is 0.435. The molecule has 0 amide bonds. The molecular formula is C6H7NO4S2. The summed E-state index contributed by atoms with van der Waals surface area (Å²) in [6, 6.07) is 0. The normalized spacial score (nSPS) is 9.92. The molecular weight excluding hydrogens is 214 g/mol. The van der Waals surface area contributed by atoms with E-state index in [-0.39, 0.29) is 11.3 Å². The lowest BCUT2D eigenvalue weighted by atomic mass is 10.3. The Hall–Kier alpha value is -0.950. The van der Waals surface area contributed by atoms with E-state index in [1.54, 1.807) is 6.92 Å². The molecule has 0 aliphatic heterocycles. The van der Waals surface area contributed by atoms with E-state index in [1.165, 1.54) is 10.3 Å². The average Bonchev–Trinajstić information content (AvgIpc) is 2.35. The molecule has 1 aromatic rings. The summed E-state index contributed by atoms with van der Waals surface area (Å²) in [5, 5.41) is 8.98. The molecule has 0 atom stereocenters. The minimum atomic E-state index is -0.829. The Morgan fingerprint density at radius 2 is 2.23 bits per heavy atom. The summed E-state index contributed by atoms with van der Waals surface area (Å²) in [5.41, 5.74) is 0.682. The third-order valence-electron chi connectivity index (χ3n) is 1.47. The van der Waals surface area contributed by atoms with Crippen molar-refractivity contribution in [3.05, 3.63) is 30.1 Å². The summed E-state index contributed by atoms with van der Waals surface area (Å²) in [4.78, 5) is 25.8. The van der Waals surface area contributed by atoms with Crippen molar-refractivity contribution in [1.82, 2.24) is 0 Å².